The molecule has 4 aromatic rings. The summed E-state index contributed by atoms with van der Waals surface area (Å²) >= 11 is 5.30. The molecule has 1 amide bonds. The Kier molecular flexibility index (Phi) is 4.85. The van der Waals surface area contributed by atoms with Crippen molar-refractivity contribution in [1.29, 1.82) is 0 Å². The number of carbonyl (C=O) groups excluding carboxylic acids is 1. The number of H-pyrrole nitrogens is 1. The highest BCUT2D eigenvalue weighted by atomic mass is 32.1. The third kappa shape index (κ3) is 3.61. The second kappa shape index (κ2) is 7.47. The number of methoxy groups -OCH3 is 1. The van der Waals surface area contributed by atoms with E-state index in [1.807, 2.05) is 44.3 Å². The molecule has 0 saturated carbocycles. The van der Waals surface area contributed by atoms with Gasteiger partial charge in [-0.25, -0.2) is 4.98 Å². The maximum Gasteiger partial charge on any atom is 0.244 e. The number of nitrogens with zero attached hydrogens (tertiary/aromatic N) is 5. The Balaban J connectivity index is 1.56. The Morgan fingerprint density at radius 1 is 1.31 bits per heavy atom. The summed E-state index contributed by atoms with van der Waals surface area (Å²) in [7, 11) is 3.44. The zero-order valence-corrected chi connectivity index (χ0v) is 16.9. The van der Waals surface area contributed by atoms with Crippen molar-refractivity contribution in [3.8, 4) is 17.1 Å². The number of aromatic amines is 1. The van der Waals surface area contributed by atoms with E-state index in [1.54, 1.807) is 22.6 Å². The van der Waals surface area contributed by atoms with Crippen molar-refractivity contribution < 1.29 is 9.53 Å². The third-order valence-electron chi connectivity index (χ3n) is 4.55. The van der Waals surface area contributed by atoms with Crippen molar-refractivity contribution in [3.05, 3.63) is 47.0 Å². The van der Waals surface area contributed by atoms with Crippen LogP contribution in [0.1, 0.15) is 5.69 Å². The number of fused-ring (bicyclic) bond motifs is 1. The van der Waals surface area contributed by atoms with Crippen molar-refractivity contribution >= 4 is 34.8 Å². The molecule has 1 aromatic carbocycles. The van der Waals surface area contributed by atoms with Gasteiger partial charge in [0, 0.05) is 18.0 Å². The largest absolute Gasteiger partial charge is 0.497 e. The molecule has 0 spiro atoms. The van der Waals surface area contributed by atoms with Crippen LogP contribution < -0.4 is 10.1 Å². The van der Waals surface area contributed by atoms with E-state index >= 15 is 0 Å². The van der Waals surface area contributed by atoms with Crippen molar-refractivity contribution in [2.24, 2.45) is 7.05 Å². The molecule has 0 aliphatic heterocycles. The fraction of sp³-hybridized carbons (Fsp3) is 0.211. The number of amides is 1. The summed E-state index contributed by atoms with van der Waals surface area (Å²) in [5.74, 6) is 1.07. The number of nitrogens with one attached hydrogen (secondary N) is 2. The molecule has 29 heavy (non-hydrogen) atoms. The fourth-order valence-corrected chi connectivity index (χ4v) is 3.34. The maximum absolute atomic E-state index is 12.7. The zero-order valence-electron chi connectivity index (χ0n) is 16.1. The number of anilines is 1. The molecule has 0 saturated heterocycles. The fourth-order valence-electron chi connectivity index (χ4n) is 3.15. The molecule has 3 aromatic heterocycles. The molecule has 148 valence electrons. The molecule has 0 fully saturated rings. The standard InChI is InChI=1S/C19H19N7O2S/c1-11-15-8-13(9-20-18(15)25(2)24-11)21-16(27)10-26-17(22-23-19(26)29)12-4-6-14(28-3)7-5-12/h4-9H,10H2,1-3H3,(H,21,27)(H,23,29). The number of carbonyl (C=O) groups is 1. The summed E-state index contributed by atoms with van der Waals surface area (Å²) in [5, 5.41) is 15.1. The van der Waals surface area contributed by atoms with E-state index in [0.29, 0.717) is 16.3 Å². The quantitative estimate of drug-likeness (QED) is 0.492. The van der Waals surface area contributed by atoms with Crippen molar-refractivity contribution in [2.45, 2.75) is 13.5 Å². The van der Waals surface area contributed by atoms with Crippen molar-refractivity contribution in [3.63, 3.8) is 0 Å². The first-order valence-electron chi connectivity index (χ1n) is 8.85. The molecule has 0 aliphatic rings. The van der Waals surface area contributed by atoms with Crippen molar-refractivity contribution in [1.82, 2.24) is 29.5 Å². The number of hydrogen-bond donors (Lipinski definition) is 2. The van der Waals surface area contributed by atoms with Crippen LogP contribution in [-0.2, 0) is 18.4 Å². The predicted octanol–water partition coefficient (Wildman–Crippen LogP) is 2.85. The first-order chi connectivity index (χ1) is 14.0. The van der Waals surface area contributed by atoms with Gasteiger partial charge >= 0.3 is 0 Å². The molecule has 4 rings (SSSR count). The van der Waals surface area contributed by atoms with Gasteiger partial charge in [0.2, 0.25) is 5.91 Å². The van der Waals surface area contributed by atoms with E-state index in [0.717, 1.165) is 28.0 Å². The highest BCUT2D eigenvalue weighted by Gasteiger charge is 2.14. The molecule has 0 bridgehead atoms. The first kappa shape index (κ1) is 18.8. The van der Waals surface area contributed by atoms with Gasteiger partial charge in [0.1, 0.15) is 12.3 Å². The van der Waals surface area contributed by atoms with Crippen LogP contribution in [0.2, 0.25) is 0 Å². The zero-order chi connectivity index (χ0) is 20.5. The molecule has 3 heterocycles. The SMILES string of the molecule is COc1ccc(-c2n[nH]c(=S)n2CC(=O)Nc2cnc3c(c2)c(C)nn3C)cc1. The topological polar surface area (TPSA) is 103 Å². The second-order valence-corrected chi connectivity index (χ2v) is 6.91. The van der Waals surface area contributed by atoms with E-state index in [2.05, 4.69) is 25.6 Å². The Morgan fingerprint density at radius 3 is 2.79 bits per heavy atom. The van der Waals surface area contributed by atoms with Gasteiger partial charge in [-0.1, -0.05) is 0 Å². The minimum atomic E-state index is -0.236. The highest BCUT2D eigenvalue weighted by Crippen LogP contribution is 2.22. The summed E-state index contributed by atoms with van der Waals surface area (Å²) in [5.41, 5.74) is 3.03. The van der Waals surface area contributed by atoms with Crippen molar-refractivity contribution in [2.75, 3.05) is 12.4 Å². The summed E-state index contributed by atoms with van der Waals surface area (Å²) in [6.45, 7) is 1.92. The van der Waals surface area contributed by atoms with E-state index in [4.69, 9.17) is 17.0 Å². The predicted molar refractivity (Wildman–Crippen MR) is 111 cm³/mol. The smallest absolute Gasteiger partial charge is 0.244 e. The van der Waals surface area contributed by atoms with Crippen LogP contribution in [0.25, 0.3) is 22.4 Å². The minimum absolute atomic E-state index is 0.0146. The summed E-state index contributed by atoms with van der Waals surface area (Å²) < 4.78 is 8.90. The molecule has 0 aliphatic carbocycles. The normalized spacial score (nSPS) is 11.0. The van der Waals surface area contributed by atoms with Crippen LogP contribution in [0.15, 0.2) is 36.5 Å². The monoisotopic (exact) mass is 409 g/mol. The Morgan fingerprint density at radius 2 is 2.07 bits per heavy atom. The minimum Gasteiger partial charge on any atom is -0.497 e. The van der Waals surface area contributed by atoms with Gasteiger partial charge in [-0.3, -0.25) is 19.1 Å². The van der Waals surface area contributed by atoms with Crippen LogP contribution in [0.5, 0.6) is 5.75 Å². The Labute approximate surface area is 171 Å². The van der Waals surface area contributed by atoms with Gasteiger partial charge in [0.25, 0.3) is 0 Å². The van der Waals surface area contributed by atoms with E-state index in [1.165, 1.54) is 0 Å². The van der Waals surface area contributed by atoms with Gasteiger partial charge in [-0.15, -0.1) is 0 Å². The lowest BCUT2D eigenvalue weighted by molar-refractivity contribution is -0.116. The molecule has 0 radical (unpaired) electrons. The summed E-state index contributed by atoms with van der Waals surface area (Å²) in [6, 6.07) is 9.24. The second-order valence-electron chi connectivity index (χ2n) is 6.52. The van der Waals surface area contributed by atoms with E-state index in [-0.39, 0.29) is 12.5 Å². The van der Waals surface area contributed by atoms with Crippen LogP contribution in [0.3, 0.4) is 0 Å². The molecule has 9 nitrogen and oxygen atoms in total. The number of rotatable bonds is 5. The van der Waals surface area contributed by atoms with Gasteiger partial charge in [-0.05, 0) is 49.5 Å². The summed E-state index contributed by atoms with van der Waals surface area (Å²) in [6.07, 6.45) is 1.61. The average Bonchev–Trinajstić information content (AvgIpc) is 3.21. The van der Waals surface area contributed by atoms with E-state index in [9.17, 15) is 4.79 Å². The lowest BCUT2D eigenvalue weighted by Crippen LogP contribution is -2.19. The molecule has 2 N–H and O–H groups in total. The van der Waals surface area contributed by atoms with Gasteiger partial charge in [-0.2, -0.15) is 10.2 Å². The maximum atomic E-state index is 12.7. The van der Waals surface area contributed by atoms with Crippen LogP contribution >= 0.6 is 12.2 Å². The highest BCUT2D eigenvalue weighted by molar-refractivity contribution is 7.71. The molecular weight excluding hydrogens is 390 g/mol. The third-order valence-corrected chi connectivity index (χ3v) is 4.87. The molecule has 0 atom stereocenters. The average molecular weight is 409 g/mol. The van der Waals surface area contributed by atoms with Gasteiger partial charge in [0.15, 0.2) is 16.2 Å². The van der Waals surface area contributed by atoms with Gasteiger partial charge in [0.05, 0.1) is 24.7 Å². The van der Waals surface area contributed by atoms with Crippen LogP contribution in [-0.4, -0.2) is 42.5 Å². The number of aryl methyl sites for hydroxylation is 2. The van der Waals surface area contributed by atoms with Gasteiger partial charge < -0.3 is 10.1 Å². The van der Waals surface area contributed by atoms with Crippen LogP contribution in [0.4, 0.5) is 5.69 Å². The van der Waals surface area contributed by atoms with E-state index < -0.39 is 0 Å². The first-order valence-corrected chi connectivity index (χ1v) is 9.26. The summed E-state index contributed by atoms with van der Waals surface area (Å²) in [4.78, 5) is 17.0. The molecule has 10 heteroatoms. The number of ether oxygens (including phenoxy) is 1. The lowest BCUT2D eigenvalue weighted by atomic mass is 10.2. The van der Waals surface area contributed by atoms with Crippen LogP contribution in [0, 0.1) is 11.7 Å². The Bertz CT molecular complexity index is 1250. The number of hydrogen-bond acceptors (Lipinski definition) is 6. The lowest BCUT2D eigenvalue weighted by Gasteiger charge is -2.09. The number of benzene rings is 1. The molecular formula is C19H19N7O2S. The number of aromatic nitrogens is 6. The number of pyridine rings is 1. The Hall–Kier alpha value is -3.53. The molecule has 0 unspecified atom stereocenters.